The van der Waals surface area contributed by atoms with Crippen molar-refractivity contribution in [3.63, 3.8) is 0 Å². The lowest BCUT2D eigenvalue weighted by atomic mass is 10.1. The Kier molecular flexibility index (Phi) is 3.41. The van der Waals surface area contributed by atoms with E-state index >= 15 is 0 Å². The number of benzene rings is 1. The third-order valence-corrected chi connectivity index (χ3v) is 2.78. The summed E-state index contributed by atoms with van der Waals surface area (Å²) in [5.74, 6) is 1.85. The van der Waals surface area contributed by atoms with Crippen molar-refractivity contribution >= 4 is 0 Å². The molecule has 0 saturated carbocycles. The summed E-state index contributed by atoms with van der Waals surface area (Å²) in [6.45, 7) is 0. The molecule has 0 aliphatic heterocycles. The SMILES string of the molecule is COc1cc(-c2cncn2C)cc(OC)c1OC. The molecule has 0 bridgehead atoms. The minimum absolute atomic E-state index is 0.589. The molecule has 5 heteroatoms. The highest BCUT2D eigenvalue weighted by Gasteiger charge is 2.15. The summed E-state index contributed by atoms with van der Waals surface area (Å²) in [5, 5.41) is 0. The first-order valence-electron chi connectivity index (χ1n) is 5.48. The number of methoxy groups -OCH3 is 3. The van der Waals surface area contributed by atoms with Crippen LogP contribution in [0.4, 0.5) is 0 Å². The van der Waals surface area contributed by atoms with Crippen LogP contribution in [-0.4, -0.2) is 30.9 Å². The molecule has 0 aliphatic carbocycles. The average molecular weight is 248 g/mol. The van der Waals surface area contributed by atoms with Crippen molar-refractivity contribution < 1.29 is 14.2 Å². The molecule has 0 saturated heterocycles. The molecule has 1 aromatic heterocycles. The zero-order valence-corrected chi connectivity index (χ0v) is 10.9. The Labute approximate surface area is 106 Å². The van der Waals surface area contributed by atoms with Crippen molar-refractivity contribution in [3.8, 4) is 28.5 Å². The van der Waals surface area contributed by atoms with Crippen molar-refractivity contribution in [2.75, 3.05) is 21.3 Å². The zero-order valence-electron chi connectivity index (χ0n) is 10.9. The lowest BCUT2D eigenvalue weighted by molar-refractivity contribution is 0.324. The maximum atomic E-state index is 5.32. The Morgan fingerprint density at radius 1 is 1.00 bits per heavy atom. The number of aryl methyl sites for hydroxylation is 1. The van der Waals surface area contributed by atoms with Crippen molar-refractivity contribution in [2.45, 2.75) is 0 Å². The molecule has 0 fully saturated rings. The van der Waals surface area contributed by atoms with Crippen LogP contribution in [0.1, 0.15) is 0 Å². The van der Waals surface area contributed by atoms with Gasteiger partial charge in [0, 0.05) is 12.6 Å². The van der Waals surface area contributed by atoms with E-state index in [1.54, 1.807) is 33.9 Å². The van der Waals surface area contributed by atoms with E-state index in [1.165, 1.54) is 0 Å². The first-order chi connectivity index (χ1) is 8.71. The van der Waals surface area contributed by atoms with Crippen LogP contribution in [0.15, 0.2) is 24.7 Å². The fourth-order valence-electron chi connectivity index (χ4n) is 1.86. The molecule has 0 unspecified atom stereocenters. The van der Waals surface area contributed by atoms with Crippen molar-refractivity contribution in [2.24, 2.45) is 7.05 Å². The number of hydrogen-bond donors (Lipinski definition) is 0. The zero-order chi connectivity index (χ0) is 13.1. The highest BCUT2D eigenvalue weighted by atomic mass is 16.5. The molecule has 0 atom stereocenters. The number of aromatic nitrogens is 2. The second-order valence-electron chi connectivity index (χ2n) is 3.80. The molecule has 2 rings (SSSR count). The monoisotopic (exact) mass is 248 g/mol. The number of hydrogen-bond acceptors (Lipinski definition) is 4. The largest absolute Gasteiger partial charge is 0.493 e. The fraction of sp³-hybridized carbons (Fsp3) is 0.308. The molecule has 5 nitrogen and oxygen atoms in total. The molecule has 18 heavy (non-hydrogen) atoms. The molecule has 96 valence electrons. The molecule has 0 spiro atoms. The van der Waals surface area contributed by atoms with Gasteiger partial charge in [-0.25, -0.2) is 4.98 Å². The van der Waals surface area contributed by atoms with Gasteiger partial charge < -0.3 is 18.8 Å². The van der Waals surface area contributed by atoms with Gasteiger partial charge in [-0.2, -0.15) is 0 Å². The lowest BCUT2D eigenvalue weighted by Gasteiger charge is -2.14. The molecule has 0 aliphatic rings. The minimum atomic E-state index is 0.589. The number of rotatable bonds is 4. The summed E-state index contributed by atoms with van der Waals surface area (Å²) in [4.78, 5) is 4.10. The van der Waals surface area contributed by atoms with Crippen LogP contribution >= 0.6 is 0 Å². The second-order valence-corrected chi connectivity index (χ2v) is 3.80. The summed E-state index contributed by atoms with van der Waals surface area (Å²) < 4.78 is 17.9. The van der Waals surface area contributed by atoms with Gasteiger partial charge in [-0.15, -0.1) is 0 Å². The van der Waals surface area contributed by atoms with E-state index in [1.807, 2.05) is 23.7 Å². The molecule has 0 radical (unpaired) electrons. The normalized spacial score (nSPS) is 10.2. The Bertz CT molecular complexity index is 524. The number of ether oxygens (including phenoxy) is 3. The van der Waals surface area contributed by atoms with E-state index < -0.39 is 0 Å². The van der Waals surface area contributed by atoms with E-state index in [2.05, 4.69) is 4.98 Å². The Hall–Kier alpha value is -2.17. The predicted octanol–water partition coefficient (Wildman–Crippen LogP) is 2.11. The molecule has 0 N–H and O–H groups in total. The lowest BCUT2D eigenvalue weighted by Crippen LogP contribution is -1.97. The van der Waals surface area contributed by atoms with Gasteiger partial charge in [0.1, 0.15) is 0 Å². The van der Waals surface area contributed by atoms with Crippen LogP contribution in [0.2, 0.25) is 0 Å². The second kappa shape index (κ2) is 5.00. The Balaban J connectivity index is 2.60. The molecule has 1 aromatic carbocycles. The molecular formula is C13H16N2O3. The third-order valence-electron chi connectivity index (χ3n) is 2.78. The van der Waals surface area contributed by atoms with Gasteiger partial charge in [0.25, 0.3) is 0 Å². The van der Waals surface area contributed by atoms with E-state index in [9.17, 15) is 0 Å². The number of nitrogens with zero attached hydrogens (tertiary/aromatic N) is 2. The van der Waals surface area contributed by atoms with E-state index in [0.717, 1.165) is 11.3 Å². The Morgan fingerprint density at radius 3 is 2.00 bits per heavy atom. The van der Waals surface area contributed by atoms with Gasteiger partial charge in [-0.05, 0) is 12.1 Å². The summed E-state index contributed by atoms with van der Waals surface area (Å²) in [7, 11) is 6.73. The van der Waals surface area contributed by atoms with E-state index in [4.69, 9.17) is 14.2 Å². The molecule has 1 heterocycles. The number of imidazole rings is 1. The minimum Gasteiger partial charge on any atom is -0.493 e. The van der Waals surface area contributed by atoms with Crippen LogP contribution in [0.5, 0.6) is 17.2 Å². The molecule has 0 amide bonds. The van der Waals surface area contributed by atoms with Crippen molar-refractivity contribution in [3.05, 3.63) is 24.7 Å². The van der Waals surface area contributed by atoms with Crippen LogP contribution in [0.25, 0.3) is 11.3 Å². The molecule has 2 aromatic rings. The average Bonchev–Trinajstić information content (AvgIpc) is 2.83. The van der Waals surface area contributed by atoms with E-state index in [-0.39, 0.29) is 0 Å². The molecular weight excluding hydrogens is 232 g/mol. The maximum absolute atomic E-state index is 5.32. The topological polar surface area (TPSA) is 45.5 Å². The van der Waals surface area contributed by atoms with Crippen LogP contribution in [-0.2, 0) is 7.05 Å². The van der Waals surface area contributed by atoms with Gasteiger partial charge in [-0.3, -0.25) is 0 Å². The first kappa shape index (κ1) is 12.3. The Morgan fingerprint density at radius 2 is 1.61 bits per heavy atom. The van der Waals surface area contributed by atoms with Gasteiger partial charge in [-0.1, -0.05) is 0 Å². The quantitative estimate of drug-likeness (QED) is 0.831. The summed E-state index contributed by atoms with van der Waals surface area (Å²) in [5.41, 5.74) is 1.94. The van der Waals surface area contributed by atoms with Crippen LogP contribution < -0.4 is 14.2 Å². The van der Waals surface area contributed by atoms with Gasteiger partial charge >= 0.3 is 0 Å². The van der Waals surface area contributed by atoms with E-state index in [0.29, 0.717) is 17.2 Å². The summed E-state index contributed by atoms with van der Waals surface area (Å²) in [6, 6.07) is 3.80. The first-order valence-corrected chi connectivity index (χ1v) is 5.48. The van der Waals surface area contributed by atoms with Crippen molar-refractivity contribution in [1.29, 1.82) is 0 Å². The van der Waals surface area contributed by atoms with Crippen LogP contribution in [0.3, 0.4) is 0 Å². The summed E-state index contributed by atoms with van der Waals surface area (Å²) in [6.07, 6.45) is 3.54. The highest BCUT2D eigenvalue weighted by Crippen LogP contribution is 2.40. The van der Waals surface area contributed by atoms with Gasteiger partial charge in [0.05, 0.1) is 39.5 Å². The van der Waals surface area contributed by atoms with Crippen LogP contribution in [0, 0.1) is 0 Å². The van der Waals surface area contributed by atoms with Gasteiger partial charge in [0.2, 0.25) is 5.75 Å². The van der Waals surface area contributed by atoms with Gasteiger partial charge in [0.15, 0.2) is 11.5 Å². The van der Waals surface area contributed by atoms with Crippen molar-refractivity contribution in [1.82, 2.24) is 9.55 Å². The smallest absolute Gasteiger partial charge is 0.203 e. The fourth-order valence-corrected chi connectivity index (χ4v) is 1.86. The maximum Gasteiger partial charge on any atom is 0.203 e. The standard InChI is InChI=1S/C13H16N2O3/c1-15-8-14-7-10(15)9-5-11(16-2)13(18-4)12(6-9)17-3/h5-8H,1-4H3. The highest BCUT2D eigenvalue weighted by molar-refractivity contribution is 5.68. The summed E-state index contributed by atoms with van der Waals surface area (Å²) >= 11 is 0. The third kappa shape index (κ3) is 1.99. The predicted molar refractivity (Wildman–Crippen MR) is 68.3 cm³/mol.